The monoisotopic (exact) mass is 514 g/mol. The first-order chi connectivity index (χ1) is 17.9. The van der Waals surface area contributed by atoms with Gasteiger partial charge in [-0.3, -0.25) is 14.4 Å². The van der Waals surface area contributed by atoms with Crippen LogP contribution in [0.1, 0.15) is 67.8 Å². The third-order valence-electron chi connectivity index (χ3n) is 7.87. The summed E-state index contributed by atoms with van der Waals surface area (Å²) >= 11 is 0. The van der Waals surface area contributed by atoms with Gasteiger partial charge in [-0.25, -0.2) is 14.3 Å². The van der Waals surface area contributed by atoms with Gasteiger partial charge in [0.1, 0.15) is 11.4 Å². The van der Waals surface area contributed by atoms with Gasteiger partial charge in [-0.15, -0.1) is 0 Å². The lowest BCUT2D eigenvalue weighted by molar-refractivity contribution is 0.0534. The van der Waals surface area contributed by atoms with Crippen molar-refractivity contribution < 1.29 is 14.3 Å². The molecule has 2 fully saturated rings. The fourth-order valence-electron chi connectivity index (χ4n) is 5.86. The Morgan fingerprint density at radius 1 is 1.11 bits per heavy atom. The molecule has 1 N–H and O–H groups in total. The Hall–Kier alpha value is -3.72. The third-order valence-corrected chi connectivity index (χ3v) is 7.87. The van der Waals surface area contributed by atoms with Crippen LogP contribution in [0.25, 0.3) is 21.8 Å². The van der Waals surface area contributed by atoms with E-state index in [2.05, 4.69) is 27.3 Å². The quantitative estimate of drug-likeness (QED) is 0.392. The van der Waals surface area contributed by atoms with Gasteiger partial charge in [-0.1, -0.05) is 6.07 Å². The fraction of sp³-hybridized carbons (Fsp3) is 0.448. The molecule has 1 saturated carbocycles. The van der Waals surface area contributed by atoms with E-state index < -0.39 is 11.7 Å². The molecule has 4 aromatic rings. The molecule has 3 aromatic heterocycles. The van der Waals surface area contributed by atoms with Crippen molar-refractivity contribution >= 4 is 39.6 Å². The summed E-state index contributed by atoms with van der Waals surface area (Å²) < 4.78 is 9.27. The molecule has 198 valence electrons. The number of hydrogen-bond acceptors (Lipinski definition) is 6. The predicted molar refractivity (Wildman–Crippen MR) is 146 cm³/mol. The van der Waals surface area contributed by atoms with E-state index in [0.29, 0.717) is 22.3 Å². The van der Waals surface area contributed by atoms with Crippen LogP contribution in [-0.4, -0.2) is 55.4 Å². The summed E-state index contributed by atoms with van der Waals surface area (Å²) in [6, 6.07) is 9.44. The lowest BCUT2D eigenvalue weighted by Gasteiger charge is -2.24. The van der Waals surface area contributed by atoms with Crippen LogP contribution < -0.4 is 5.32 Å². The lowest BCUT2D eigenvalue weighted by Crippen LogP contribution is -2.30. The Kier molecular flexibility index (Phi) is 5.43. The van der Waals surface area contributed by atoms with E-state index >= 15 is 0 Å². The van der Waals surface area contributed by atoms with Crippen molar-refractivity contribution in [2.45, 2.75) is 58.6 Å². The van der Waals surface area contributed by atoms with Crippen LogP contribution in [-0.2, 0) is 11.8 Å². The number of nitrogens with one attached hydrogen (secondary N) is 1. The summed E-state index contributed by atoms with van der Waals surface area (Å²) in [5, 5.41) is 9.19. The molecule has 9 nitrogen and oxygen atoms in total. The third kappa shape index (κ3) is 4.24. The van der Waals surface area contributed by atoms with Gasteiger partial charge in [0.25, 0.3) is 5.91 Å². The molecule has 0 bridgehead atoms. The minimum absolute atomic E-state index is 0.115. The van der Waals surface area contributed by atoms with E-state index in [4.69, 9.17) is 4.74 Å². The Labute approximate surface area is 221 Å². The number of rotatable bonds is 3. The van der Waals surface area contributed by atoms with E-state index in [0.717, 1.165) is 40.6 Å². The summed E-state index contributed by atoms with van der Waals surface area (Å²) in [5.74, 6) is 0.0936. The van der Waals surface area contributed by atoms with E-state index in [9.17, 15) is 9.59 Å². The van der Waals surface area contributed by atoms with Crippen molar-refractivity contribution in [3.8, 4) is 0 Å². The molecule has 6 rings (SSSR count). The molecule has 1 amide bonds. The van der Waals surface area contributed by atoms with E-state index in [-0.39, 0.29) is 11.9 Å². The Morgan fingerprint density at radius 3 is 2.55 bits per heavy atom. The van der Waals surface area contributed by atoms with Gasteiger partial charge < -0.3 is 10.1 Å². The molecule has 0 radical (unpaired) electrons. The second-order valence-corrected chi connectivity index (χ2v) is 12.0. The van der Waals surface area contributed by atoms with Gasteiger partial charge in [0.2, 0.25) is 0 Å². The Balaban J connectivity index is 1.37. The van der Waals surface area contributed by atoms with Crippen molar-refractivity contribution in [3.63, 3.8) is 0 Å². The number of anilines is 1. The molecule has 1 aliphatic heterocycles. The normalized spacial score (nSPS) is 18.9. The Morgan fingerprint density at radius 2 is 1.87 bits per heavy atom. The Bertz CT molecular complexity index is 1600. The molecule has 1 aromatic carbocycles. The van der Waals surface area contributed by atoms with E-state index in [1.165, 1.54) is 12.8 Å². The van der Waals surface area contributed by atoms with Crippen molar-refractivity contribution in [1.29, 1.82) is 0 Å². The van der Waals surface area contributed by atoms with Crippen LogP contribution in [0.2, 0.25) is 0 Å². The average Bonchev–Trinajstić information content (AvgIpc) is 3.22. The summed E-state index contributed by atoms with van der Waals surface area (Å²) in [7, 11) is 3.99. The van der Waals surface area contributed by atoms with Crippen LogP contribution in [0.4, 0.5) is 10.6 Å². The lowest BCUT2D eigenvalue weighted by atomic mass is 10.0. The van der Waals surface area contributed by atoms with Gasteiger partial charge in [-0.05, 0) is 77.6 Å². The molecule has 1 spiro atoms. The van der Waals surface area contributed by atoms with Crippen molar-refractivity contribution in [2.24, 2.45) is 12.5 Å². The minimum Gasteiger partial charge on any atom is -0.443 e. The largest absolute Gasteiger partial charge is 0.443 e. The fourth-order valence-corrected chi connectivity index (χ4v) is 5.86. The van der Waals surface area contributed by atoms with E-state index in [1.54, 1.807) is 27.6 Å². The zero-order chi connectivity index (χ0) is 27.0. The second kappa shape index (κ2) is 8.39. The maximum absolute atomic E-state index is 13.5. The number of benzene rings is 1. The highest BCUT2D eigenvalue weighted by Gasteiger charge is 2.52. The molecular weight excluding hydrogens is 480 g/mol. The van der Waals surface area contributed by atoms with Gasteiger partial charge in [0, 0.05) is 47.9 Å². The number of carbonyl (C=O) groups is 2. The number of likely N-dealkylation sites (tertiary alicyclic amines) is 1. The summed E-state index contributed by atoms with van der Waals surface area (Å²) in [6.45, 7) is 8.58. The first kappa shape index (κ1) is 24.6. The standard InChI is InChI=1S/C29H34N6O3/c1-17-20-8-7-18(11-22(20)34(6)32-17)26(36)31-25-13-21-19(15-30-25)12-23(35(21)27(37)38-28(2,3)4)24-14-29(9-10-29)16-33(24)5/h7-8,11-13,15,24H,9-10,14,16H2,1-6H3,(H,30,31,36)/t24-/m1/s1. The summed E-state index contributed by atoms with van der Waals surface area (Å²) in [6.07, 6.45) is 4.79. The van der Waals surface area contributed by atoms with Crippen LogP contribution in [0.15, 0.2) is 36.5 Å². The molecule has 4 heterocycles. The van der Waals surface area contributed by atoms with Crippen LogP contribution in [0.3, 0.4) is 0 Å². The summed E-state index contributed by atoms with van der Waals surface area (Å²) in [4.78, 5) is 33.5. The first-order valence-electron chi connectivity index (χ1n) is 13.1. The first-order valence-corrected chi connectivity index (χ1v) is 13.1. The molecule has 9 heteroatoms. The summed E-state index contributed by atoms with van der Waals surface area (Å²) in [5.41, 5.74) is 3.62. The van der Waals surface area contributed by atoms with Crippen LogP contribution in [0, 0.1) is 12.3 Å². The molecule has 1 saturated heterocycles. The number of carbonyl (C=O) groups excluding carboxylic acids is 2. The van der Waals surface area contributed by atoms with Crippen molar-refractivity contribution in [3.05, 3.63) is 53.5 Å². The smallest absolute Gasteiger partial charge is 0.419 e. The number of aryl methyl sites for hydroxylation is 2. The number of pyridine rings is 1. The van der Waals surface area contributed by atoms with Gasteiger partial charge in [0.05, 0.1) is 22.8 Å². The minimum atomic E-state index is -0.642. The van der Waals surface area contributed by atoms with E-state index in [1.807, 2.05) is 52.9 Å². The van der Waals surface area contributed by atoms with Crippen LogP contribution in [0.5, 0.6) is 0 Å². The molecular formula is C29H34N6O3. The van der Waals surface area contributed by atoms with Gasteiger partial charge >= 0.3 is 6.09 Å². The van der Waals surface area contributed by atoms with Crippen molar-refractivity contribution in [1.82, 2.24) is 24.2 Å². The number of nitrogens with zero attached hydrogens (tertiary/aromatic N) is 5. The SMILES string of the molecule is Cc1nn(C)c2cc(C(=O)Nc3cc4c(cn3)cc([C@H]3CC5(CC5)CN3C)n4C(=O)OC(C)(C)C)ccc12. The van der Waals surface area contributed by atoms with Gasteiger partial charge in [0.15, 0.2) is 0 Å². The van der Waals surface area contributed by atoms with Gasteiger partial charge in [-0.2, -0.15) is 5.10 Å². The van der Waals surface area contributed by atoms with Crippen molar-refractivity contribution in [2.75, 3.05) is 18.9 Å². The average molecular weight is 515 g/mol. The number of hydrogen-bond donors (Lipinski definition) is 1. The molecule has 1 atom stereocenters. The molecule has 38 heavy (non-hydrogen) atoms. The highest BCUT2D eigenvalue weighted by atomic mass is 16.6. The molecule has 2 aliphatic rings. The number of fused-ring (bicyclic) bond motifs is 2. The number of aromatic nitrogens is 4. The second-order valence-electron chi connectivity index (χ2n) is 12.0. The van der Waals surface area contributed by atoms with Crippen LogP contribution >= 0.6 is 0 Å². The number of ether oxygens (including phenoxy) is 1. The number of amides is 1. The highest BCUT2D eigenvalue weighted by molar-refractivity contribution is 6.06. The maximum Gasteiger partial charge on any atom is 0.419 e. The predicted octanol–water partition coefficient (Wildman–Crippen LogP) is 5.42. The topological polar surface area (TPSA) is 94.3 Å². The zero-order valence-electron chi connectivity index (χ0n) is 22.8. The molecule has 0 unspecified atom stereocenters. The highest BCUT2D eigenvalue weighted by Crippen LogP contribution is 2.58. The zero-order valence-corrected chi connectivity index (χ0v) is 22.8. The molecule has 1 aliphatic carbocycles. The maximum atomic E-state index is 13.5.